The molecule has 19 heavy (non-hydrogen) atoms. The van der Waals surface area contributed by atoms with Gasteiger partial charge in [-0.25, -0.2) is 4.39 Å². The number of ketones is 1. The first-order valence-corrected chi connectivity index (χ1v) is 5.24. The van der Waals surface area contributed by atoms with Gasteiger partial charge in [0.2, 0.25) is 0 Å². The van der Waals surface area contributed by atoms with Crippen LogP contribution in [0.25, 0.3) is 0 Å². The van der Waals surface area contributed by atoms with Crippen LogP contribution in [-0.2, 0) is 6.54 Å². The Balaban J connectivity index is 2.16. The van der Waals surface area contributed by atoms with Crippen molar-refractivity contribution in [1.82, 2.24) is 9.78 Å². The lowest BCUT2D eigenvalue weighted by atomic mass is 10.2. The molecule has 0 saturated heterocycles. The van der Waals surface area contributed by atoms with Gasteiger partial charge in [0.1, 0.15) is 5.82 Å². The molecule has 1 aromatic heterocycles. The van der Waals surface area contributed by atoms with Gasteiger partial charge in [-0.05, 0) is 17.7 Å². The maximum atomic E-state index is 12.9. The summed E-state index contributed by atoms with van der Waals surface area (Å²) in [6.07, 6.45) is -3.09. The fourth-order valence-corrected chi connectivity index (χ4v) is 1.55. The number of alkyl halides is 3. The molecule has 0 amide bonds. The zero-order valence-electron chi connectivity index (χ0n) is 9.49. The minimum Gasteiger partial charge on any atom is -0.284 e. The Bertz CT molecular complexity index is 604. The van der Waals surface area contributed by atoms with E-state index in [9.17, 15) is 22.4 Å². The van der Waals surface area contributed by atoms with E-state index in [4.69, 9.17) is 0 Å². The third kappa shape index (κ3) is 3.18. The number of carbonyl (C=O) groups excluding carboxylic acids is 1. The Labute approximate surface area is 105 Å². The monoisotopic (exact) mass is 272 g/mol. The molecule has 100 valence electrons. The third-order valence-corrected chi connectivity index (χ3v) is 2.39. The zero-order chi connectivity index (χ0) is 14.0. The summed E-state index contributed by atoms with van der Waals surface area (Å²) in [7, 11) is 0. The van der Waals surface area contributed by atoms with Gasteiger partial charge in [0.25, 0.3) is 5.78 Å². The van der Waals surface area contributed by atoms with E-state index in [-0.39, 0.29) is 6.54 Å². The predicted octanol–water partition coefficient (Wildman–Crippen LogP) is 2.82. The van der Waals surface area contributed by atoms with Gasteiger partial charge < -0.3 is 0 Å². The van der Waals surface area contributed by atoms with Crippen LogP contribution in [0.2, 0.25) is 0 Å². The van der Waals surface area contributed by atoms with Crippen molar-refractivity contribution in [3.63, 3.8) is 0 Å². The second-order valence-electron chi connectivity index (χ2n) is 3.88. The maximum Gasteiger partial charge on any atom is 0.454 e. The molecular formula is C12H8F4N2O. The lowest BCUT2D eigenvalue weighted by Crippen LogP contribution is -2.22. The molecule has 1 heterocycles. The van der Waals surface area contributed by atoms with Crippen molar-refractivity contribution in [2.45, 2.75) is 12.7 Å². The number of halogens is 4. The van der Waals surface area contributed by atoms with Crippen LogP contribution in [0, 0.1) is 5.82 Å². The van der Waals surface area contributed by atoms with E-state index in [1.54, 1.807) is 6.07 Å². The fraction of sp³-hybridized carbons (Fsp3) is 0.167. The van der Waals surface area contributed by atoms with Crippen molar-refractivity contribution in [3.05, 3.63) is 53.6 Å². The summed E-state index contributed by atoms with van der Waals surface area (Å²) in [5.41, 5.74) is -0.00184. The number of benzene rings is 1. The number of aromatic nitrogens is 2. The van der Waals surface area contributed by atoms with Crippen LogP contribution >= 0.6 is 0 Å². The quantitative estimate of drug-likeness (QED) is 0.636. The Morgan fingerprint density at radius 3 is 2.68 bits per heavy atom. The van der Waals surface area contributed by atoms with Crippen LogP contribution in [0.3, 0.4) is 0 Å². The number of Topliss-reactive ketones (excluding diaryl/α,β-unsaturated/α-hetero) is 1. The minimum absolute atomic E-state index is 0.0862. The summed E-state index contributed by atoms with van der Waals surface area (Å²) < 4.78 is 50.6. The molecule has 0 bridgehead atoms. The molecule has 0 saturated carbocycles. The highest BCUT2D eigenvalue weighted by Crippen LogP contribution is 2.21. The first-order valence-electron chi connectivity index (χ1n) is 5.24. The Morgan fingerprint density at radius 1 is 1.32 bits per heavy atom. The van der Waals surface area contributed by atoms with Crippen LogP contribution < -0.4 is 0 Å². The highest BCUT2D eigenvalue weighted by atomic mass is 19.4. The topological polar surface area (TPSA) is 34.9 Å². The Hall–Kier alpha value is -2.18. The number of nitrogens with zero attached hydrogens (tertiary/aromatic N) is 2. The van der Waals surface area contributed by atoms with Gasteiger partial charge in [0, 0.05) is 6.20 Å². The lowest BCUT2D eigenvalue weighted by molar-refractivity contribution is -0.0885. The molecule has 2 aromatic rings. The van der Waals surface area contributed by atoms with Gasteiger partial charge >= 0.3 is 6.18 Å². The molecule has 0 radical (unpaired) electrons. The summed E-state index contributed by atoms with van der Waals surface area (Å²) in [4.78, 5) is 10.9. The number of hydrogen-bond acceptors (Lipinski definition) is 2. The fourth-order valence-electron chi connectivity index (χ4n) is 1.55. The molecule has 0 unspecified atom stereocenters. The molecule has 0 aliphatic heterocycles. The van der Waals surface area contributed by atoms with E-state index in [0.717, 1.165) is 17.1 Å². The van der Waals surface area contributed by atoms with Crippen molar-refractivity contribution in [2.75, 3.05) is 0 Å². The van der Waals surface area contributed by atoms with E-state index >= 15 is 0 Å². The molecule has 0 aliphatic rings. The lowest BCUT2D eigenvalue weighted by Gasteiger charge is -2.02. The molecule has 0 spiro atoms. The van der Waals surface area contributed by atoms with Crippen molar-refractivity contribution in [1.29, 1.82) is 0 Å². The van der Waals surface area contributed by atoms with Crippen molar-refractivity contribution in [2.24, 2.45) is 0 Å². The zero-order valence-corrected chi connectivity index (χ0v) is 9.49. The molecule has 0 atom stereocenters. The predicted molar refractivity (Wildman–Crippen MR) is 58.1 cm³/mol. The van der Waals surface area contributed by atoms with Crippen LogP contribution in [0.4, 0.5) is 17.6 Å². The highest BCUT2D eigenvalue weighted by molar-refractivity contribution is 5.99. The molecule has 0 aliphatic carbocycles. The van der Waals surface area contributed by atoms with E-state index in [1.165, 1.54) is 18.2 Å². The first-order chi connectivity index (χ1) is 8.86. The Kier molecular flexibility index (Phi) is 3.37. The number of rotatable bonds is 3. The Morgan fingerprint density at radius 2 is 2.05 bits per heavy atom. The molecule has 3 nitrogen and oxygen atoms in total. The first kappa shape index (κ1) is 13.3. The summed E-state index contributed by atoms with van der Waals surface area (Å²) in [6.45, 7) is 0.0862. The van der Waals surface area contributed by atoms with E-state index in [1.807, 2.05) is 0 Å². The maximum absolute atomic E-state index is 12.9. The molecule has 2 rings (SSSR count). The SMILES string of the molecule is O=C(c1cnn(Cc2cccc(F)c2)c1)C(F)(F)F. The minimum atomic E-state index is -4.92. The molecule has 1 aromatic carbocycles. The summed E-state index contributed by atoms with van der Waals surface area (Å²) >= 11 is 0. The summed E-state index contributed by atoms with van der Waals surface area (Å²) in [5, 5.41) is 3.65. The second-order valence-corrected chi connectivity index (χ2v) is 3.88. The normalized spacial score (nSPS) is 11.6. The standard InChI is InChI=1S/C12H8F4N2O/c13-10-3-1-2-8(4-10)6-18-7-9(5-17-18)11(19)12(14,15)16/h1-5,7H,6H2. The molecule has 7 heteroatoms. The highest BCUT2D eigenvalue weighted by Gasteiger charge is 2.39. The largest absolute Gasteiger partial charge is 0.454 e. The van der Waals surface area contributed by atoms with Crippen LogP contribution in [0.15, 0.2) is 36.7 Å². The van der Waals surface area contributed by atoms with Gasteiger partial charge in [0.15, 0.2) is 0 Å². The van der Waals surface area contributed by atoms with E-state index in [0.29, 0.717) is 5.56 Å². The van der Waals surface area contributed by atoms with Crippen LogP contribution in [0.1, 0.15) is 15.9 Å². The molecular weight excluding hydrogens is 264 g/mol. The van der Waals surface area contributed by atoms with Crippen LogP contribution in [0.5, 0.6) is 0 Å². The average molecular weight is 272 g/mol. The van der Waals surface area contributed by atoms with E-state index < -0.39 is 23.3 Å². The average Bonchev–Trinajstić information content (AvgIpc) is 2.75. The van der Waals surface area contributed by atoms with Crippen molar-refractivity contribution in [3.8, 4) is 0 Å². The number of hydrogen-bond donors (Lipinski definition) is 0. The molecule has 0 fully saturated rings. The molecule has 0 N–H and O–H groups in total. The number of carbonyl (C=O) groups is 1. The van der Waals surface area contributed by atoms with Gasteiger partial charge in [-0.2, -0.15) is 18.3 Å². The summed E-state index contributed by atoms with van der Waals surface area (Å²) in [6, 6.07) is 5.59. The van der Waals surface area contributed by atoms with Gasteiger partial charge in [-0.3, -0.25) is 9.48 Å². The second kappa shape index (κ2) is 4.83. The smallest absolute Gasteiger partial charge is 0.284 e. The third-order valence-electron chi connectivity index (χ3n) is 2.39. The van der Waals surface area contributed by atoms with E-state index in [2.05, 4.69) is 5.10 Å². The van der Waals surface area contributed by atoms with Crippen LogP contribution in [-0.4, -0.2) is 21.7 Å². The van der Waals surface area contributed by atoms with Crippen molar-refractivity contribution < 1.29 is 22.4 Å². The van der Waals surface area contributed by atoms with Gasteiger partial charge in [-0.15, -0.1) is 0 Å². The summed E-state index contributed by atoms with van der Waals surface area (Å²) in [5.74, 6) is -2.39. The van der Waals surface area contributed by atoms with Gasteiger partial charge in [0.05, 0.1) is 18.3 Å². The van der Waals surface area contributed by atoms with Gasteiger partial charge in [-0.1, -0.05) is 12.1 Å². The van der Waals surface area contributed by atoms with Crippen molar-refractivity contribution >= 4 is 5.78 Å².